The molecule has 0 amide bonds. The van der Waals surface area contributed by atoms with Gasteiger partial charge in [-0.15, -0.1) is 0 Å². The number of hydrogen-bond acceptors (Lipinski definition) is 2. The van der Waals surface area contributed by atoms with Crippen molar-refractivity contribution in [1.82, 2.24) is 4.98 Å². The first-order valence-electron chi connectivity index (χ1n) is 8.92. The predicted molar refractivity (Wildman–Crippen MR) is 91.7 cm³/mol. The number of nitrogens with two attached hydrogens (primary N) is 1. The van der Waals surface area contributed by atoms with E-state index < -0.39 is 0 Å². The van der Waals surface area contributed by atoms with Crippen molar-refractivity contribution < 1.29 is 0 Å². The van der Waals surface area contributed by atoms with Gasteiger partial charge in [-0.2, -0.15) is 0 Å². The molecule has 116 valence electrons. The molecule has 4 heterocycles. The molecular weight excluding hydrogens is 270 g/mol. The molecule has 3 heteroatoms. The van der Waals surface area contributed by atoms with Crippen LogP contribution in [0.15, 0.2) is 18.2 Å². The monoisotopic (exact) mass is 295 g/mol. The summed E-state index contributed by atoms with van der Waals surface area (Å²) < 4.78 is 0. The van der Waals surface area contributed by atoms with Crippen molar-refractivity contribution in [3.63, 3.8) is 0 Å². The van der Waals surface area contributed by atoms with Gasteiger partial charge in [-0.05, 0) is 37.2 Å². The van der Waals surface area contributed by atoms with Gasteiger partial charge in [0, 0.05) is 36.0 Å². The lowest BCUT2D eigenvalue weighted by Crippen LogP contribution is -2.38. The lowest BCUT2D eigenvalue weighted by atomic mass is 9.77. The fraction of sp³-hybridized carbons (Fsp3) is 0.579. The Morgan fingerprint density at radius 1 is 1.18 bits per heavy atom. The Balaban J connectivity index is 1.76. The number of aromatic amines is 1. The largest absolute Gasteiger partial charge is 0.358 e. The number of fused-ring (bicyclic) bond motifs is 3. The van der Waals surface area contributed by atoms with Crippen LogP contribution in [0.5, 0.6) is 0 Å². The van der Waals surface area contributed by atoms with Gasteiger partial charge in [0.1, 0.15) is 5.82 Å². The quantitative estimate of drug-likeness (QED) is 0.888. The third-order valence-electron chi connectivity index (χ3n) is 6.60. The average Bonchev–Trinajstić information content (AvgIpc) is 3.22. The molecular formula is C19H25N3. The zero-order chi connectivity index (χ0) is 14.7. The fourth-order valence-electron chi connectivity index (χ4n) is 5.36. The topological polar surface area (TPSA) is 45.1 Å². The number of nitrogens with zero attached hydrogens (tertiary/aromatic N) is 1. The molecule has 3 nitrogen and oxygen atoms in total. The van der Waals surface area contributed by atoms with Crippen molar-refractivity contribution in [2.45, 2.75) is 49.9 Å². The van der Waals surface area contributed by atoms with Crippen LogP contribution in [0.4, 0.5) is 5.82 Å². The van der Waals surface area contributed by atoms with Gasteiger partial charge in [-0.3, -0.25) is 0 Å². The minimum atomic E-state index is 0.210. The number of nitrogens with one attached hydrogen (secondary N) is 1. The maximum atomic E-state index is 6.26. The second-order valence-corrected chi connectivity index (χ2v) is 7.57. The molecule has 0 atom stereocenters. The molecule has 0 radical (unpaired) electrons. The first kappa shape index (κ1) is 13.0. The maximum absolute atomic E-state index is 6.26. The first-order valence-corrected chi connectivity index (χ1v) is 8.92. The molecule has 1 saturated heterocycles. The molecule has 0 spiro atoms. The van der Waals surface area contributed by atoms with Crippen molar-refractivity contribution in [2.75, 3.05) is 24.5 Å². The zero-order valence-corrected chi connectivity index (χ0v) is 13.2. The normalized spacial score (nSPS) is 23.4. The maximum Gasteiger partial charge on any atom is 0.110 e. The standard InChI is InChI=1S/C19H25N3/c20-12-19(8-1-2-9-19)15-5-3-4-14-16-13-6-10-22(11-7-13)18(16)21-17(14)15/h3-5,13,21H,1-2,6-12,20H2. The van der Waals surface area contributed by atoms with Gasteiger partial charge in [0.25, 0.3) is 0 Å². The van der Waals surface area contributed by atoms with Crippen molar-refractivity contribution in [3.05, 3.63) is 29.3 Å². The van der Waals surface area contributed by atoms with Gasteiger partial charge in [-0.25, -0.2) is 0 Å². The molecule has 1 aromatic heterocycles. The third-order valence-corrected chi connectivity index (χ3v) is 6.60. The summed E-state index contributed by atoms with van der Waals surface area (Å²) >= 11 is 0. The summed E-state index contributed by atoms with van der Waals surface area (Å²) in [5.74, 6) is 2.18. The molecule has 0 unspecified atom stereocenters. The van der Waals surface area contributed by atoms with Gasteiger partial charge >= 0.3 is 0 Å². The minimum absolute atomic E-state index is 0.210. The van der Waals surface area contributed by atoms with E-state index in [1.54, 1.807) is 5.56 Å². The highest BCUT2D eigenvalue weighted by Gasteiger charge is 2.39. The van der Waals surface area contributed by atoms with E-state index in [-0.39, 0.29) is 5.41 Å². The Labute approximate surface area is 131 Å². The third kappa shape index (κ3) is 1.55. The van der Waals surface area contributed by atoms with Crippen LogP contribution < -0.4 is 10.6 Å². The van der Waals surface area contributed by atoms with E-state index in [1.165, 1.54) is 73.9 Å². The summed E-state index contributed by atoms with van der Waals surface area (Å²) in [7, 11) is 0. The Hall–Kier alpha value is -1.48. The average molecular weight is 295 g/mol. The van der Waals surface area contributed by atoms with Crippen LogP contribution in [0.1, 0.15) is 55.6 Å². The van der Waals surface area contributed by atoms with Crippen LogP contribution in [-0.4, -0.2) is 24.6 Å². The highest BCUT2D eigenvalue weighted by atomic mass is 15.2. The van der Waals surface area contributed by atoms with E-state index in [4.69, 9.17) is 5.73 Å². The minimum Gasteiger partial charge on any atom is -0.358 e. The van der Waals surface area contributed by atoms with Crippen LogP contribution >= 0.6 is 0 Å². The molecule has 3 aliphatic heterocycles. The summed E-state index contributed by atoms with van der Waals surface area (Å²) in [4.78, 5) is 6.38. The van der Waals surface area contributed by atoms with Crippen LogP contribution in [-0.2, 0) is 5.41 Å². The lowest BCUT2D eigenvalue weighted by molar-refractivity contribution is 0.456. The predicted octanol–water partition coefficient (Wildman–Crippen LogP) is 3.64. The van der Waals surface area contributed by atoms with Crippen molar-refractivity contribution in [3.8, 4) is 0 Å². The molecule has 1 aromatic carbocycles. The molecule has 2 bridgehead atoms. The smallest absolute Gasteiger partial charge is 0.110 e. The van der Waals surface area contributed by atoms with E-state index in [0.717, 1.165) is 12.5 Å². The molecule has 1 aliphatic carbocycles. The van der Waals surface area contributed by atoms with E-state index >= 15 is 0 Å². The molecule has 2 aromatic rings. The van der Waals surface area contributed by atoms with E-state index in [2.05, 4.69) is 28.1 Å². The summed E-state index contributed by atoms with van der Waals surface area (Å²) in [6.07, 6.45) is 7.79. The number of piperidine rings is 1. The highest BCUT2D eigenvalue weighted by Crippen LogP contribution is 2.49. The number of rotatable bonds is 2. The lowest BCUT2D eigenvalue weighted by Gasteiger charge is -2.40. The van der Waals surface area contributed by atoms with Crippen LogP contribution in [0.3, 0.4) is 0 Å². The van der Waals surface area contributed by atoms with Gasteiger partial charge < -0.3 is 15.6 Å². The molecule has 1 saturated carbocycles. The highest BCUT2D eigenvalue weighted by molar-refractivity contribution is 5.93. The first-order chi connectivity index (χ1) is 10.8. The summed E-state index contributed by atoms with van der Waals surface area (Å²) in [5, 5.41) is 1.47. The zero-order valence-electron chi connectivity index (χ0n) is 13.2. The van der Waals surface area contributed by atoms with Crippen LogP contribution in [0.2, 0.25) is 0 Å². The Morgan fingerprint density at radius 3 is 2.68 bits per heavy atom. The molecule has 4 aliphatic rings. The second-order valence-electron chi connectivity index (χ2n) is 7.57. The molecule has 2 fully saturated rings. The molecule has 3 N–H and O–H groups in total. The fourth-order valence-corrected chi connectivity index (χ4v) is 5.36. The number of anilines is 1. The number of hydrogen-bond donors (Lipinski definition) is 2. The SMILES string of the molecule is NCC1(c2cccc3c4c([nH]c23)N2CCC4CC2)CCCC1. The Bertz CT molecular complexity index is 716. The number of aromatic nitrogens is 1. The van der Waals surface area contributed by atoms with Gasteiger partial charge in [-0.1, -0.05) is 31.0 Å². The van der Waals surface area contributed by atoms with Gasteiger partial charge in [0.2, 0.25) is 0 Å². The van der Waals surface area contributed by atoms with Gasteiger partial charge in [0.15, 0.2) is 0 Å². The Kier molecular flexibility index (Phi) is 2.67. The van der Waals surface area contributed by atoms with E-state index in [0.29, 0.717) is 0 Å². The molecule has 22 heavy (non-hydrogen) atoms. The van der Waals surface area contributed by atoms with Crippen LogP contribution in [0.25, 0.3) is 10.9 Å². The van der Waals surface area contributed by atoms with Gasteiger partial charge in [0.05, 0.1) is 5.52 Å². The Morgan fingerprint density at radius 2 is 1.95 bits per heavy atom. The van der Waals surface area contributed by atoms with Crippen LogP contribution in [0, 0.1) is 0 Å². The summed E-state index contributed by atoms with van der Waals surface area (Å²) in [6, 6.07) is 6.92. The number of para-hydroxylation sites is 1. The van der Waals surface area contributed by atoms with E-state index in [1.807, 2.05) is 0 Å². The number of benzene rings is 1. The number of H-pyrrole nitrogens is 1. The van der Waals surface area contributed by atoms with Crippen molar-refractivity contribution >= 4 is 16.7 Å². The van der Waals surface area contributed by atoms with Crippen molar-refractivity contribution in [2.24, 2.45) is 5.73 Å². The molecule has 6 rings (SSSR count). The van der Waals surface area contributed by atoms with Crippen molar-refractivity contribution in [1.29, 1.82) is 0 Å². The second kappa shape index (κ2) is 4.51. The summed E-state index contributed by atoms with van der Waals surface area (Å²) in [5.41, 5.74) is 10.9. The van der Waals surface area contributed by atoms with E-state index in [9.17, 15) is 0 Å². The summed E-state index contributed by atoms with van der Waals surface area (Å²) in [6.45, 7) is 3.23.